The Kier molecular flexibility index (Phi) is 5.98. The van der Waals surface area contributed by atoms with Gasteiger partial charge in [0.25, 0.3) is 0 Å². The molecule has 8 heteroatoms. The minimum absolute atomic E-state index is 0.185. The van der Waals surface area contributed by atoms with Crippen molar-refractivity contribution in [1.29, 1.82) is 0 Å². The maximum Gasteiger partial charge on any atom is 0.244 e. The molecule has 3 amide bonds. The van der Waals surface area contributed by atoms with E-state index >= 15 is 0 Å². The second-order valence-corrected chi connectivity index (χ2v) is 7.02. The molecule has 1 saturated heterocycles. The number of hydrogen-bond donors (Lipinski definition) is 1. The zero-order chi connectivity index (χ0) is 21.6. The van der Waals surface area contributed by atoms with Crippen LogP contribution in [-0.2, 0) is 14.4 Å². The molecule has 3 heterocycles. The number of hydrogen-bond acceptors (Lipinski definition) is 5. The molecule has 3 aromatic rings. The summed E-state index contributed by atoms with van der Waals surface area (Å²) < 4.78 is 1.75. The van der Waals surface area contributed by atoms with Crippen LogP contribution in [0, 0.1) is 0 Å². The van der Waals surface area contributed by atoms with E-state index in [4.69, 9.17) is 0 Å². The predicted molar refractivity (Wildman–Crippen MR) is 115 cm³/mol. The highest BCUT2D eigenvalue weighted by Gasteiger charge is 2.28. The summed E-state index contributed by atoms with van der Waals surface area (Å²) >= 11 is 0. The fourth-order valence-electron chi connectivity index (χ4n) is 3.34. The highest BCUT2D eigenvalue weighted by Crippen LogP contribution is 2.24. The Morgan fingerprint density at radius 2 is 1.84 bits per heavy atom. The molecular weight excluding hydrogens is 394 g/mol. The number of amides is 3. The molecular formula is C23H21N5O3. The highest BCUT2D eigenvalue weighted by molar-refractivity contribution is 6.02. The van der Waals surface area contributed by atoms with E-state index in [-0.39, 0.29) is 43.7 Å². The van der Waals surface area contributed by atoms with Crippen molar-refractivity contribution in [3.8, 4) is 16.9 Å². The van der Waals surface area contributed by atoms with Crippen molar-refractivity contribution in [3.63, 3.8) is 0 Å². The smallest absolute Gasteiger partial charge is 0.244 e. The Labute approximate surface area is 179 Å². The van der Waals surface area contributed by atoms with Crippen LogP contribution in [0.5, 0.6) is 0 Å². The van der Waals surface area contributed by atoms with Gasteiger partial charge in [0.1, 0.15) is 5.69 Å². The molecule has 2 aromatic heterocycles. The number of nitrogens with zero attached hydrogens (tertiary/aromatic N) is 4. The fraction of sp³-hybridized carbons (Fsp3) is 0.174. The number of benzene rings is 1. The van der Waals surface area contributed by atoms with E-state index in [2.05, 4.69) is 15.4 Å². The average Bonchev–Trinajstić information content (AvgIpc) is 3.37. The number of aromatic nitrogens is 3. The minimum atomic E-state index is -0.316. The van der Waals surface area contributed by atoms with Crippen LogP contribution in [0.3, 0.4) is 0 Å². The second-order valence-electron chi connectivity index (χ2n) is 7.02. The Balaban J connectivity index is 1.48. The summed E-state index contributed by atoms with van der Waals surface area (Å²) in [6.45, 7) is 0.392. The normalized spacial score (nSPS) is 13.9. The summed E-state index contributed by atoms with van der Waals surface area (Å²) in [6, 6.07) is 13.4. The van der Waals surface area contributed by atoms with Crippen molar-refractivity contribution in [2.24, 2.45) is 0 Å². The lowest BCUT2D eigenvalue weighted by Gasteiger charge is -2.13. The van der Waals surface area contributed by atoms with Gasteiger partial charge in [-0.3, -0.25) is 24.3 Å². The summed E-state index contributed by atoms with van der Waals surface area (Å²) in [4.78, 5) is 40.9. The second kappa shape index (κ2) is 9.17. The molecule has 8 nitrogen and oxygen atoms in total. The first-order chi connectivity index (χ1) is 15.1. The van der Waals surface area contributed by atoms with Crippen molar-refractivity contribution in [3.05, 3.63) is 72.7 Å². The topological polar surface area (TPSA) is 97.2 Å². The Hall–Kier alpha value is -4.07. The van der Waals surface area contributed by atoms with Gasteiger partial charge in [0.15, 0.2) is 0 Å². The highest BCUT2D eigenvalue weighted by atomic mass is 16.2. The first kappa shape index (κ1) is 20.2. The third kappa shape index (κ3) is 4.75. The summed E-state index contributed by atoms with van der Waals surface area (Å²) in [5, 5.41) is 7.38. The number of imide groups is 1. The first-order valence-electron chi connectivity index (χ1n) is 9.96. The molecule has 0 bridgehead atoms. The van der Waals surface area contributed by atoms with Crippen LogP contribution in [0.4, 0.5) is 0 Å². The number of rotatable bonds is 7. The molecule has 1 aromatic carbocycles. The zero-order valence-electron chi connectivity index (χ0n) is 16.8. The molecule has 4 rings (SSSR count). The lowest BCUT2D eigenvalue weighted by Crippen LogP contribution is -2.37. The van der Waals surface area contributed by atoms with Gasteiger partial charge in [-0.25, -0.2) is 4.68 Å². The van der Waals surface area contributed by atoms with Gasteiger partial charge < -0.3 is 5.32 Å². The molecule has 0 radical (unpaired) electrons. The third-order valence-corrected chi connectivity index (χ3v) is 4.90. The molecule has 1 aliphatic heterocycles. The van der Waals surface area contributed by atoms with E-state index < -0.39 is 0 Å². The van der Waals surface area contributed by atoms with Crippen LogP contribution >= 0.6 is 0 Å². The predicted octanol–water partition coefficient (Wildman–Crippen LogP) is 2.21. The van der Waals surface area contributed by atoms with Crippen LogP contribution in [0.2, 0.25) is 0 Å². The van der Waals surface area contributed by atoms with Gasteiger partial charge in [-0.05, 0) is 30.3 Å². The molecule has 31 heavy (non-hydrogen) atoms. The Morgan fingerprint density at radius 3 is 2.55 bits per heavy atom. The van der Waals surface area contributed by atoms with Gasteiger partial charge in [0.05, 0.1) is 5.69 Å². The van der Waals surface area contributed by atoms with Crippen molar-refractivity contribution in [1.82, 2.24) is 25.0 Å². The molecule has 1 fully saturated rings. The van der Waals surface area contributed by atoms with Gasteiger partial charge in [0, 0.05) is 61.7 Å². The summed E-state index contributed by atoms with van der Waals surface area (Å²) in [5.41, 5.74) is 3.20. The van der Waals surface area contributed by atoms with E-state index in [1.54, 1.807) is 23.2 Å². The number of carbonyl (C=O) groups is 3. The van der Waals surface area contributed by atoms with Gasteiger partial charge in [0.2, 0.25) is 17.7 Å². The van der Waals surface area contributed by atoms with Gasteiger partial charge in [-0.1, -0.05) is 18.2 Å². The maximum absolute atomic E-state index is 12.3. The molecule has 0 spiro atoms. The number of likely N-dealkylation sites (tertiary alicyclic amines) is 1. The van der Waals surface area contributed by atoms with Gasteiger partial charge in [-0.15, -0.1) is 0 Å². The van der Waals surface area contributed by atoms with Crippen molar-refractivity contribution in [2.45, 2.75) is 12.8 Å². The fourth-order valence-corrected chi connectivity index (χ4v) is 3.34. The quantitative estimate of drug-likeness (QED) is 0.471. The standard InChI is InChI=1S/C23H21N5O3/c29-20(25-13-14-27-21(30)10-11-22(27)31)9-8-18-16-28(19-6-2-1-3-7-19)26-23(18)17-5-4-12-24-15-17/h1-9,12,15-16H,10-11,13-14H2,(H,25,29)/b9-8+. The van der Waals surface area contributed by atoms with Crippen LogP contribution in [0.15, 0.2) is 67.1 Å². The lowest BCUT2D eigenvalue weighted by molar-refractivity contribution is -0.138. The molecule has 1 N–H and O–H groups in total. The van der Waals surface area contributed by atoms with Crippen LogP contribution < -0.4 is 5.32 Å². The van der Waals surface area contributed by atoms with E-state index in [0.717, 1.165) is 16.8 Å². The molecule has 1 aliphatic rings. The maximum atomic E-state index is 12.3. The molecule has 0 aliphatic carbocycles. The minimum Gasteiger partial charge on any atom is -0.351 e. The summed E-state index contributed by atoms with van der Waals surface area (Å²) in [5.74, 6) is -0.697. The Bertz CT molecular complexity index is 1110. The molecule has 156 valence electrons. The van der Waals surface area contributed by atoms with E-state index in [1.165, 1.54) is 11.0 Å². The van der Waals surface area contributed by atoms with E-state index in [9.17, 15) is 14.4 Å². The molecule has 0 saturated carbocycles. The van der Waals surface area contributed by atoms with E-state index in [1.807, 2.05) is 48.7 Å². The van der Waals surface area contributed by atoms with Crippen molar-refractivity contribution >= 4 is 23.8 Å². The molecule has 0 unspecified atom stereocenters. The third-order valence-electron chi connectivity index (χ3n) is 4.90. The zero-order valence-corrected chi connectivity index (χ0v) is 16.8. The largest absolute Gasteiger partial charge is 0.351 e. The average molecular weight is 415 g/mol. The van der Waals surface area contributed by atoms with Gasteiger partial charge in [-0.2, -0.15) is 5.10 Å². The monoisotopic (exact) mass is 415 g/mol. The Morgan fingerprint density at radius 1 is 1.06 bits per heavy atom. The van der Waals surface area contributed by atoms with Crippen LogP contribution in [-0.4, -0.2) is 50.5 Å². The van der Waals surface area contributed by atoms with E-state index in [0.29, 0.717) is 5.69 Å². The SMILES string of the molecule is O=C(/C=C/c1cn(-c2ccccc2)nc1-c1cccnc1)NCCN1C(=O)CCC1=O. The lowest BCUT2D eigenvalue weighted by atomic mass is 10.1. The number of para-hydroxylation sites is 1. The summed E-state index contributed by atoms with van der Waals surface area (Å²) in [7, 11) is 0. The first-order valence-corrected chi connectivity index (χ1v) is 9.96. The van der Waals surface area contributed by atoms with Crippen LogP contribution in [0.1, 0.15) is 18.4 Å². The van der Waals surface area contributed by atoms with Crippen molar-refractivity contribution in [2.75, 3.05) is 13.1 Å². The number of pyridine rings is 1. The molecule has 0 atom stereocenters. The van der Waals surface area contributed by atoms with Crippen LogP contribution in [0.25, 0.3) is 23.0 Å². The van der Waals surface area contributed by atoms with Gasteiger partial charge >= 0.3 is 0 Å². The number of nitrogens with one attached hydrogen (secondary N) is 1. The summed E-state index contributed by atoms with van der Waals surface area (Å²) in [6.07, 6.45) is 8.86. The van der Waals surface area contributed by atoms with Crippen molar-refractivity contribution < 1.29 is 14.4 Å². The number of carbonyl (C=O) groups excluding carboxylic acids is 3.